The molecule has 0 spiro atoms. The highest BCUT2D eigenvalue weighted by Gasteiger charge is 2.30. The van der Waals surface area contributed by atoms with E-state index in [0.29, 0.717) is 9.87 Å². The number of rotatable bonds is 4. The lowest BCUT2D eigenvalue weighted by Gasteiger charge is -2.16. The maximum Gasteiger partial charge on any atom is 0.330 e. The maximum absolute atomic E-state index is 12.4. The number of aliphatic hydroxyl groups is 1. The monoisotopic (exact) mass is 382 g/mol. The van der Waals surface area contributed by atoms with Crippen LogP contribution in [0.25, 0.3) is 0 Å². The van der Waals surface area contributed by atoms with E-state index in [4.69, 9.17) is 0 Å². The second kappa shape index (κ2) is 5.97. The summed E-state index contributed by atoms with van der Waals surface area (Å²) in [6, 6.07) is 11.7. The van der Waals surface area contributed by atoms with Crippen LogP contribution < -0.4 is 9.03 Å². The van der Waals surface area contributed by atoms with Gasteiger partial charge in [-0.05, 0) is 29.8 Å². The Kier molecular flexibility index (Phi) is 4.09. The van der Waals surface area contributed by atoms with Crippen molar-refractivity contribution in [2.24, 2.45) is 0 Å². The highest BCUT2D eigenvalue weighted by molar-refractivity contribution is 7.91. The number of nitrogens with zero attached hydrogens (tertiary/aromatic N) is 1. The zero-order valence-electron chi connectivity index (χ0n) is 12.7. The molecule has 0 saturated heterocycles. The molecule has 0 amide bonds. The molecule has 0 bridgehead atoms. The van der Waals surface area contributed by atoms with Crippen LogP contribution in [0.4, 0.5) is 5.69 Å². The zero-order valence-corrected chi connectivity index (χ0v) is 14.3. The van der Waals surface area contributed by atoms with Gasteiger partial charge >= 0.3 is 10.2 Å². The van der Waals surface area contributed by atoms with Crippen LogP contribution in [0.3, 0.4) is 0 Å². The summed E-state index contributed by atoms with van der Waals surface area (Å²) in [5.74, 6) is -1.37. The van der Waals surface area contributed by atoms with Gasteiger partial charge in [0.05, 0.1) is 16.8 Å². The minimum Gasteiger partial charge on any atom is -0.506 e. The summed E-state index contributed by atoms with van der Waals surface area (Å²) in [6.45, 7) is 0. The molecule has 132 valence electrons. The number of hydrogen-bond donors (Lipinski definition) is 3. The number of sulfone groups is 1. The van der Waals surface area contributed by atoms with Crippen LogP contribution in [0.15, 0.2) is 65.5 Å². The average molecular weight is 382 g/mol. The van der Waals surface area contributed by atoms with Crippen molar-refractivity contribution in [3.05, 3.63) is 66.2 Å². The van der Waals surface area contributed by atoms with Gasteiger partial charge in [0, 0.05) is 0 Å². The number of benzene rings is 2. The topological polar surface area (TPSA) is 124 Å². The number of phenolic OH excluding ortho intramolecular Hbond substituents is 1. The molecule has 25 heavy (non-hydrogen) atoms. The first-order chi connectivity index (χ1) is 11.7. The number of nitrogens with one attached hydrogen (secondary N) is 1. The summed E-state index contributed by atoms with van der Waals surface area (Å²) >= 11 is 0. The van der Waals surface area contributed by atoms with E-state index in [-0.39, 0.29) is 16.3 Å². The molecule has 0 saturated carbocycles. The number of phenols is 1. The van der Waals surface area contributed by atoms with Gasteiger partial charge in [-0.15, -0.1) is 0 Å². The quantitative estimate of drug-likeness (QED) is 0.734. The van der Waals surface area contributed by atoms with E-state index in [2.05, 4.69) is 0 Å². The summed E-state index contributed by atoms with van der Waals surface area (Å²) < 4.78 is 50.9. The SMILES string of the molecule is O=S(=O)(Cc1ccc(N2C=C(O)NS2(=O)=O)c(O)c1)c1ccccc1. The second-order valence-electron chi connectivity index (χ2n) is 5.31. The van der Waals surface area contributed by atoms with Crippen molar-refractivity contribution in [1.29, 1.82) is 0 Å². The van der Waals surface area contributed by atoms with Crippen molar-refractivity contribution >= 4 is 25.7 Å². The highest BCUT2D eigenvalue weighted by atomic mass is 32.2. The van der Waals surface area contributed by atoms with E-state index in [9.17, 15) is 27.0 Å². The predicted molar refractivity (Wildman–Crippen MR) is 90.7 cm³/mol. The fourth-order valence-corrected chi connectivity index (χ4v) is 4.79. The van der Waals surface area contributed by atoms with E-state index < -0.39 is 31.7 Å². The molecular weight excluding hydrogens is 368 g/mol. The van der Waals surface area contributed by atoms with Crippen molar-refractivity contribution in [3.8, 4) is 5.75 Å². The van der Waals surface area contributed by atoms with Crippen molar-refractivity contribution in [1.82, 2.24) is 4.72 Å². The summed E-state index contributed by atoms with van der Waals surface area (Å²) in [5.41, 5.74) is 0.181. The fraction of sp³-hybridized carbons (Fsp3) is 0.0667. The molecule has 0 aromatic heterocycles. The number of hydrogen-bond acceptors (Lipinski definition) is 6. The Balaban J connectivity index is 1.91. The molecule has 8 nitrogen and oxygen atoms in total. The van der Waals surface area contributed by atoms with Gasteiger partial charge in [-0.3, -0.25) is 0 Å². The van der Waals surface area contributed by atoms with Crippen LogP contribution in [0.1, 0.15) is 5.56 Å². The first kappa shape index (κ1) is 17.1. The van der Waals surface area contributed by atoms with Gasteiger partial charge in [0.25, 0.3) is 0 Å². The molecule has 0 unspecified atom stereocenters. The number of aliphatic hydroxyl groups excluding tert-OH is 1. The van der Waals surface area contributed by atoms with E-state index in [0.717, 1.165) is 6.20 Å². The molecule has 3 rings (SSSR count). The Hall–Kier alpha value is -2.72. The molecule has 2 aromatic rings. The molecule has 0 fully saturated rings. The van der Waals surface area contributed by atoms with Gasteiger partial charge < -0.3 is 10.2 Å². The molecule has 10 heteroatoms. The molecule has 3 N–H and O–H groups in total. The van der Waals surface area contributed by atoms with Crippen LogP contribution in [-0.2, 0) is 25.8 Å². The fourth-order valence-electron chi connectivity index (χ4n) is 2.36. The van der Waals surface area contributed by atoms with Gasteiger partial charge in [-0.2, -0.15) is 8.42 Å². The largest absolute Gasteiger partial charge is 0.506 e. The van der Waals surface area contributed by atoms with Gasteiger partial charge in [0.2, 0.25) is 5.88 Å². The Morgan fingerprint density at radius 3 is 2.28 bits per heavy atom. The zero-order chi connectivity index (χ0) is 18.2. The Bertz CT molecular complexity index is 1050. The second-order valence-corrected chi connectivity index (χ2v) is 8.85. The predicted octanol–water partition coefficient (Wildman–Crippen LogP) is 1.38. The third-order valence-electron chi connectivity index (χ3n) is 3.47. The standard InChI is InChI=1S/C15H14N2O6S2/c18-14-8-11(10-24(20,21)12-4-2-1-3-5-12)6-7-13(14)17-9-15(19)16-25(17,22)23/h1-9,16,18-19H,10H2. The smallest absolute Gasteiger partial charge is 0.330 e. The van der Waals surface area contributed by atoms with Crippen molar-refractivity contribution in [2.75, 3.05) is 4.31 Å². The van der Waals surface area contributed by atoms with Crippen LogP contribution in [-0.4, -0.2) is 27.0 Å². The molecular formula is C15H14N2O6S2. The lowest BCUT2D eigenvalue weighted by molar-refractivity contribution is 0.392. The highest BCUT2D eigenvalue weighted by Crippen LogP contribution is 2.33. The van der Waals surface area contributed by atoms with Gasteiger partial charge in [-0.25, -0.2) is 17.4 Å². The van der Waals surface area contributed by atoms with Crippen LogP contribution >= 0.6 is 0 Å². The molecule has 1 aliphatic rings. The van der Waals surface area contributed by atoms with Crippen molar-refractivity contribution in [3.63, 3.8) is 0 Å². The third-order valence-corrected chi connectivity index (χ3v) is 6.46. The Labute approximate surface area is 144 Å². The molecule has 0 aliphatic carbocycles. The van der Waals surface area contributed by atoms with E-state index in [1.807, 2.05) is 4.72 Å². The first-order valence-electron chi connectivity index (χ1n) is 7.02. The average Bonchev–Trinajstić information content (AvgIpc) is 2.80. The molecule has 2 aromatic carbocycles. The number of anilines is 1. The molecule has 1 aliphatic heterocycles. The summed E-state index contributed by atoms with van der Waals surface area (Å²) in [5, 5.41) is 19.4. The van der Waals surface area contributed by atoms with Crippen LogP contribution in [0.5, 0.6) is 5.75 Å². The number of aromatic hydroxyl groups is 1. The van der Waals surface area contributed by atoms with Gasteiger partial charge in [0.15, 0.2) is 9.84 Å². The van der Waals surface area contributed by atoms with E-state index in [1.54, 1.807) is 18.2 Å². The minimum absolute atomic E-state index is 0.114. The summed E-state index contributed by atoms with van der Waals surface area (Å²) in [7, 11) is -7.64. The molecule has 0 atom stereocenters. The van der Waals surface area contributed by atoms with Crippen LogP contribution in [0, 0.1) is 0 Å². The third kappa shape index (κ3) is 3.39. The Morgan fingerprint density at radius 1 is 1.04 bits per heavy atom. The van der Waals surface area contributed by atoms with Gasteiger partial charge in [0.1, 0.15) is 11.4 Å². The van der Waals surface area contributed by atoms with Gasteiger partial charge in [-0.1, -0.05) is 24.3 Å². The summed E-state index contributed by atoms with van der Waals surface area (Å²) in [6.07, 6.45) is 0.894. The van der Waals surface area contributed by atoms with Crippen molar-refractivity contribution < 1.29 is 27.0 Å². The maximum atomic E-state index is 12.4. The van der Waals surface area contributed by atoms with E-state index in [1.165, 1.54) is 30.3 Å². The molecule has 1 heterocycles. The first-order valence-corrected chi connectivity index (χ1v) is 10.1. The molecule has 0 radical (unpaired) electrons. The van der Waals surface area contributed by atoms with E-state index >= 15 is 0 Å². The summed E-state index contributed by atoms with van der Waals surface area (Å²) in [4.78, 5) is 0.151. The Morgan fingerprint density at radius 2 is 1.72 bits per heavy atom. The van der Waals surface area contributed by atoms with Crippen molar-refractivity contribution in [2.45, 2.75) is 10.6 Å². The minimum atomic E-state index is -4.04. The normalized spacial score (nSPS) is 16.3. The lowest BCUT2D eigenvalue weighted by atomic mass is 10.2. The lowest BCUT2D eigenvalue weighted by Crippen LogP contribution is -2.29. The van der Waals surface area contributed by atoms with Crippen LogP contribution in [0.2, 0.25) is 0 Å².